The first-order valence-electron chi connectivity index (χ1n) is 9.35. The summed E-state index contributed by atoms with van der Waals surface area (Å²) in [5, 5.41) is 11.7. The molecule has 0 unspecified atom stereocenters. The molecule has 144 valence electrons. The van der Waals surface area contributed by atoms with Gasteiger partial charge in [0.15, 0.2) is 5.82 Å². The molecular weight excluding hydrogens is 380 g/mol. The van der Waals surface area contributed by atoms with E-state index >= 15 is 0 Å². The summed E-state index contributed by atoms with van der Waals surface area (Å²) in [4.78, 5) is 0. The Bertz CT molecular complexity index is 1180. The van der Waals surface area contributed by atoms with E-state index in [0.717, 1.165) is 22.4 Å². The molecule has 0 atom stereocenters. The highest BCUT2D eigenvalue weighted by atomic mass is 32.1. The first-order valence-corrected chi connectivity index (χ1v) is 9.76. The predicted molar refractivity (Wildman–Crippen MR) is 119 cm³/mol. The molecule has 0 aliphatic carbocycles. The highest BCUT2D eigenvalue weighted by Crippen LogP contribution is 2.23. The van der Waals surface area contributed by atoms with Gasteiger partial charge in [0.05, 0.1) is 12.8 Å². The van der Waals surface area contributed by atoms with Crippen molar-refractivity contribution in [2.45, 2.75) is 6.92 Å². The summed E-state index contributed by atoms with van der Waals surface area (Å²) in [6.07, 6.45) is 1.77. The van der Waals surface area contributed by atoms with Crippen LogP contribution < -0.4 is 4.74 Å². The van der Waals surface area contributed by atoms with Gasteiger partial charge in [-0.05, 0) is 48.0 Å². The smallest absolute Gasteiger partial charge is 0.216 e. The lowest BCUT2D eigenvalue weighted by atomic mass is 10.0. The van der Waals surface area contributed by atoms with Crippen molar-refractivity contribution in [3.63, 3.8) is 0 Å². The van der Waals surface area contributed by atoms with E-state index in [0.29, 0.717) is 17.2 Å². The summed E-state index contributed by atoms with van der Waals surface area (Å²) >= 11 is 5.36. The van der Waals surface area contributed by atoms with Crippen molar-refractivity contribution in [1.82, 2.24) is 14.9 Å². The third-order valence-corrected chi connectivity index (χ3v) is 4.66. The summed E-state index contributed by atoms with van der Waals surface area (Å²) < 4.78 is 7.63. The largest absolute Gasteiger partial charge is 0.494 e. The van der Waals surface area contributed by atoms with E-state index in [1.165, 1.54) is 5.56 Å². The highest BCUT2D eigenvalue weighted by molar-refractivity contribution is 7.71. The van der Waals surface area contributed by atoms with Crippen LogP contribution in [0.4, 0.5) is 0 Å². The van der Waals surface area contributed by atoms with Crippen LogP contribution in [0.5, 0.6) is 5.75 Å². The van der Waals surface area contributed by atoms with Gasteiger partial charge in [-0.15, -0.1) is 0 Å². The quantitative estimate of drug-likeness (QED) is 0.341. The molecule has 0 radical (unpaired) electrons. The third-order valence-electron chi connectivity index (χ3n) is 4.39. The SMILES string of the molecule is CCOc1cccc(-c2n[nH]c(=S)n2N=Cc2ccc(-c3ccccc3)cc2)c1. The van der Waals surface area contributed by atoms with Gasteiger partial charge in [0, 0.05) is 5.56 Å². The molecular formula is C23H20N4OS. The lowest BCUT2D eigenvalue weighted by Crippen LogP contribution is -1.96. The maximum atomic E-state index is 5.58. The van der Waals surface area contributed by atoms with Gasteiger partial charge in [0.1, 0.15) is 5.75 Å². The van der Waals surface area contributed by atoms with Crippen LogP contribution >= 0.6 is 12.2 Å². The monoisotopic (exact) mass is 400 g/mol. The van der Waals surface area contributed by atoms with Gasteiger partial charge in [-0.25, -0.2) is 5.10 Å². The number of rotatable bonds is 6. The fraction of sp³-hybridized carbons (Fsp3) is 0.0870. The third kappa shape index (κ3) is 4.33. The molecule has 1 aromatic heterocycles. The highest BCUT2D eigenvalue weighted by Gasteiger charge is 2.09. The Morgan fingerprint density at radius 1 is 0.966 bits per heavy atom. The zero-order valence-corrected chi connectivity index (χ0v) is 16.8. The van der Waals surface area contributed by atoms with Crippen LogP contribution in [-0.4, -0.2) is 27.7 Å². The molecule has 0 amide bonds. The molecule has 4 rings (SSSR count). The van der Waals surface area contributed by atoms with E-state index in [1.807, 2.05) is 61.5 Å². The average Bonchev–Trinajstić information content (AvgIpc) is 3.14. The molecule has 0 fully saturated rings. The molecule has 0 aliphatic heterocycles. The normalized spacial score (nSPS) is 11.1. The minimum atomic E-state index is 0.430. The van der Waals surface area contributed by atoms with Crippen LogP contribution in [0.3, 0.4) is 0 Å². The van der Waals surface area contributed by atoms with Crippen molar-refractivity contribution < 1.29 is 4.74 Å². The first kappa shape index (κ1) is 18.8. The second-order valence-electron chi connectivity index (χ2n) is 6.36. The van der Waals surface area contributed by atoms with E-state index in [-0.39, 0.29) is 0 Å². The second-order valence-corrected chi connectivity index (χ2v) is 6.74. The number of nitrogens with zero attached hydrogens (tertiary/aromatic N) is 3. The number of nitrogens with one attached hydrogen (secondary N) is 1. The number of benzene rings is 3. The van der Waals surface area contributed by atoms with Crippen LogP contribution in [0.15, 0.2) is 84.0 Å². The van der Waals surface area contributed by atoms with Crippen molar-refractivity contribution in [1.29, 1.82) is 0 Å². The summed E-state index contributed by atoms with van der Waals surface area (Å²) in [6.45, 7) is 2.56. The van der Waals surface area contributed by atoms with Gasteiger partial charge < -0.3 is 4.74 Å². The van der Waals surface area contributed by atoms with Crippen LogP contribution in [0.2, 0.25) is 0 Å². The summed E-state index contributed by atoms with van der Waals surface area (Å²) in [7, 11) is 0. The van der Waals surface area contributed by atoms with Gasteiger partial charge in [0.25, 0.3) is 0 Å². The number of aromatic nitrogens is 3. The van der Waals surface area contributed by atoms with Gasteiger partial charge in [-0.1, -0.05) is 66.7 Å². The van der Waals surface area contributed by atoms with E-state index in [9.17, 15) is 0 Å². The standard InChI is InChI=1S/C23H20N4OS/c1-2-28-21-10-6-9-20(15-21)22-25-26-23(29)27(22)24-16-17-11-13-19(14-12-17)18-7-4-3-5-8-18/h3-16H,2H2,1H3,(H,26,29). The molecule has 1 N–H and O–H groups in total. The maximum Gasteiger partial charge on any atom is 0.216 e. The predicted octanol–water partition coefficient (Wildman–Crippen LogP) is 5.56. The molecule has 3 aromatic carbocycles. The van der Waals surface area contributed by atoms with Crippen molar-refractivity contribution >= 4 is 18.4 Å². The molecule has 0 saturated carbocycles. The van der Waals surface area contributed by atoms with E-state index in [1.54, 1.807) is 10.9 Å². The van der Waals surface area contributed by atoms with Gasteiger partial charge in [-0.2, -0.15) is 14.9 Å². The Balaban J connectivity index is 1.60. The van der Waals surface area contributed by atoms with Gasteiger partial charge in [-0.3, -0.25) is 0 Å². The number of aromatic amines is 1. The fourth-order valence-electron chi connectivity index (χ4n) is 2.99. The lowest BCUT2D eigenvalue weighted by molar-refractivity contribution is 0.340. The molecule has 29 heavy (non-hydrogen) atoms. The van der Waals surface area contributed by atoms with Crippen LogP contribution in [-0.2, 0) is 0 Å². The minimum Gasteiger partial charge on any atom is -0.494 e. The van der Waals surface area contributed by atoms with Crippen LogP contribution in [0.25, 0.3) is 22.5 Å². The zero-order chi connectivity index (χ0) is 20.1. The molecule has 0 spiro atoms. The molecule has 0 aliphatic rings. The second kappa shape index (κ2) is 8.67. The fourth-order valence-corrected chi connectivity index (χ4v) is 3.17. The summed E-state index contributed by atoms with van der Waals surface area (Å²) in [5.41, 5.74) is 4.20. The average molecular weight is 401 g/mol. The Labute approximate surface area is 174 Å². The number of hydrogen-bond donors (Lipinski definition) is 1. The molecule has 4 aromatic rings. The molecule has 0 saturated heterocycles. The van der Waals surface area contributed by atoms with E-state index in [2.05, 4.69) is 39.6 Å². The topological polar surface area (TPSA) is 55.2 Å². The van der Waals surface area contributed by atoms with Gasteiger partial charge in [0.2, 0.25) is 4.77 Å². The van der Waals surface area contributed by atoms with Crippen molar-refractivity contribution in [3.05, 3.63) is 89.2 Å². The van der Waals surface area contributed by atoms with Crippen LogP contribution in [0.1, 0.15) is 12.5 Å². The Kier molecular flexibility index (Phi) is 5.63. The van der Waals surface area contributed by atoms with Crippen molar-refractivity contribution in [2.24, 2.45) is 5.10 Å². The van der Waals surface area contributed by atoms with E-state index in [4.69, 9.17) is 17.0 Å². The molecule has 5 nitrogen and oxygen atoms in total. The van der Waals surface area contributed by atoms with Gasteiger partial charge >= 0.3 is 0 Å². The minimum absolute atomic E-state index is 0.430. The Hall–Kier alpha value is -3.51. The molecule has 6 heteroatoms. The number of H-pyrrole nitrogens is 1. The number of hydrogen-bond acceptors (Lipinski definition) is 4. The Morgan fingerprint density at radius 2 is 1.69 bits per heavy atom. The first-order chi connectivity index (χ1) is 14.2. The zero-order valence-electron chi connectivity index (χ0n) is 15.9. The lowest BCUT2D eigenvalue weighted by Gasteiger charge is -2.05. The molecule has 0 bridgehead atoms. The summed E-state index contributed by atoms with van der Waals surface area (Å²) in [5.74, 6) is 1.42. The maximum absolute atomic E-state index is 5.58. The van der Waals surface area contributed by atoms with Crippen LogP contribution in [0, 0.1) is 4.77 Å². The molecule has 1 heterocycles. The van der Waals surface area contributed by atoms with Crippen molar-refractivity contribution in [3.8, 4) is 28.3 Å². The van der Waals surface area contributed by atoms with E-state index < -0.39 is 0 Å². The number of ether oxygens (including phenoxy) is 1. The summed E-state index contributed by atoms with van der Waals surface area (Å²) in [6, 6.07) is 26.2. The van der Waals surface area contributed by atoms with Crippen molar-refractivity contribution in [2.75, 3.05) is 6.61 Å². The Morgan fingerprint density at radius 3 is 2.45 bits per heavy atom.